The van der Waals surface area contributed by atoms with Crippen LogP contribution in [0.25, 0.3) is 0 Å². The number of hydrogen-bond donors (Lipinski definition) is 1. The fourth-order valence-electron chi connectivity index (χ4n) is 1.86. The van der Waals surface area contributed by atoms with Crippen molar-refractivity contribution in [2.24, 2.45) is 5.92 Å². The zero-order valence-electron chi connectivity index (χ0n) is 8.79. The molecule has 1 unspecified atom stereocenters. The zero-order chi connectivity index (χ0) is 12.6. The molecule has 1 saturated heterocycles. The van der Waals surface area contributed by atoms with Crippen LogP contribution < -0.4 is 4.90 Å². The van der Waals surface area contributed by atoms with Crippen LogP contribution in [0, 0.1) is 17.6 Å². The minimum Gasteiger partial charge on any atom is -0.396 e. The van der Waals surface area contributed by atoms with Gasteiger partial charge < -0.3 is 10.0 Å². The Labute approximate surface area is 102 Å². The summed E-state index contributed by atoms with van der Waals surface area (Å²) < 4.78 is 26.1. The van der Waals surface area contributed by atoms with E-state index in [2.05, 4.69) is 0 Å². The summed E-state index contributed by atoms with van der Waals surface area (Å²) in [7, 11) is 0. The van der Waals surface area contributed by atoms with Crippen molar-refractivity contribution in [3.05, 3.63) is 28.8 Å². The predicted molar refractivity (Wildman–Crippen MR) is 58.9 cm³/mol. The van der Waals surface area contributed by atoms with Crippen molar-refractivity contribution in [1.82, 2.24) is 0 Å². The molecule has 1 heterocycles. The second-order valence-electron chi connectivity index (χ2n) is 3.95. The third-order valence-corrected chi connectivity index (χ3v) is 3.13. The maximum absolute atomic E-state index is 13.3. The second kappa shape index (κ2) is 4.58. The Morgan fingerprint density at radius 3 is 2.76 bits per heavy atom. The number of anilines is 1. The molecule has 2 rings (SSSR count). The van der Waals surface area contributed by atoms with Crippen LogP contribution in [-0.4, -0.2) is 24.2 Å². The van der Waals surface area contributed by atoms with Gasteiger partial charge in [0.25, 0.3) is 0 Å². The molecule has 0 aliphatic carbocycles. The Kier molecular flexibility index (Phi) is 3.31. The molecule has 1 aliphatic rings. The van der Waals surface area contributed by atoms with E-state index in [4.69, 9.17) is 16.7 Å². The van der Waals surface area contributed by atoms with E-state index in [0.717, 1.165) is 6.07 Å². The number of rotatable bonds is 2. The maximum Gasteiger partial charge on any atom is 0.227 e. The number of nitrogens with zero attached hydrogens (tertiary/aromatic N) is 1. The molecule has 1 aliphatic heterocycles. The molecule has 92 valence electrons. The van der Waals surface area contributed by atoms with Gasteiger partial charge in [0, 0.05) is 25.5 Å². The smallest absolute Gasteiger partial charge is 0.227 e. The van der Waals surface area contributed by atoms with E-state index in [-0.39, 0.29) is 37.1 Å². The molecule has 0 radical (unpaired) electrons. The molecule has 1 fully saturated rings. The quantitative estimate of drug-likeness (QED) is 0.827. The number of hydrogen-bond acceptors (Lipinski definition) is 2. The minimum absolute atomic E-state index is 0.121. The van der Waals surface area contributed by atoms with E-state index in [0.29, 0.717) is 0 Å². The van der Waals surface area contributed by atoms with Crippen molar-refractivity contribution >= 4 is 23.2 Å². The van der Waals surface area contributed by atoms with Crippen LogP contribution in [0.3, 0.4) is 0 Å². The summed E-state index contributed by atoms with van der Waals surface area (Å²) in [6.07, 6.45) is 0.186. The molecule has 1 aromatic rings. The fourth-order valence-corrected chi connectivity index (χ4v) is 2.12. The Hall–Kier alpha value is -1.20. The summed E-state index contributed by atoms with van der Waals surface area (Å²) in [6, 6.07) is 2.19. The Bertz CT molecular complexity index is 467. The molecule has 1 atom stereocenters. The average Bonchev–Trinajstić information content (AvgIpc) is 2.68. The van der Waals surface area contributed by atoms with Gasteiger partial charge in [-0.15, -0.1) is 0 Å². The molecule has 6 heteroatoms. The second-order valence-corrected chi connectivity index (χ2v) is 4.33. The molecular formula is C11H10ClF2NO2. The molecule has 0 aromatic heterocycles. The number of aliphatic hydroxyl groups is 1. The van der Waals surface area contributed by atoms with Gasteiger partial charge in [-0.25, -0.2) is 8.78 Å². The number of carbonyl (C=O) groups excluding carboxylic acids is 1. The molecular weight excluding hydrogens is 252 g/mol. The normalized spacial score (nSPS) is 20.1. The summed E-state index contributed by atoms with van der Waals surface area (Å²) in [5.41, 5.74) is 0.145. The lowest BCUT2D eigenvalue weighted by Gasteiger charge is -2.18. The van der Waals surface area contributed by atoms with Gasteiger partial charge in [-0.05, 0) is 12.1 Å². The lowest BCUT2D eigenvalue weighted by molar-refractivity contribution is -0.117. The minimum atomic E-state index is -1.16. The van der Waals surface area contributed by atoms with E-state index in [1.807, 2.05) is 0 Å². The highest BCUT2D eigenvalue weighted by molar-refractivity contribution is 6.34. The topological polar surface area (TPSA) is 40.5 Å². The lowest BCUT2D eigenvalue weighted by Crippen LogP contribution is -2.25. The van der Waals surface area contributed by atoms with E-state index >= 15 is 0 Å². The zero-order valence-corrected chi connectivity index (χ0v) is 9.55. The molecule has 3 nitrogen and oxygen atoms in total. The molecule has 1 amide bonds. The van der Waals surface area contributed by atoms with Crippen LogP contribution in [-0.2, 0) is 4.79 Å². The van der Waals surface area contributed by atoms with Crippen molar-refractivity contribution in [2.45, 2.75) is 6.42 Å². The van der Waals surface area contributed by atoms with Gasteiger partial charge in [0.1, 0.15) is 5.02 Å². The van der Waals surface area contributed by atoms with E-state index < -0.39 is 16.7 Å². The van der Waals surface area contributed by atoms with Gasteiger partial charge in [0.05, 0.1) is 5.69 Å². The molecule has 17 heavy (non-hydrogen) atoms. The van der Waals surface area contributed by atoms with E-state index in [1.54, 1.807) is 0 Å². The summed E-state index contributed by atoms with van der Waals surface area (Å²) in [5, 5.41) is 8.56. The average molecular weight is 262 g/mol. The highest BCUT2D eigenvalue weighted by Gasteiger charge is 2.32. The van der Waals surface area contributed by atoms with Crippen molar-refractivity contribution in [2.75, 3.05) is 18.1 Å². The van der Waals surface area contributed by atoms with E-state index in [9.17, 15) is 13.6 Å². The first kappa shape index (κ1) is 12.3. The number of aliphatic hydroxyl groups excluding tert-OH is 1. The lowest BCUT2D eigenvalue weighted by atomic mass is 10.1. The Morgan fingerprint density at radius 1 is 1.47 bits per heavy atom. The molecule has 0 saturated carbocycles. The first-order valence-corrected chi connectivity index (χ1v) is 5.47. The third kappa shape index (κ3) is 2.12. The Balaban J connectivity index is 2.35. The van der Waals surface area contributed by atoms with Crippen molar-refractivity contribution in [1.29, 1.82) is 0 Å². The standard InChI is InChI=1S/C11H10ClF2NO2/c12-10-8(2-1-7(13)11(10)14)15-4-6(5-16)3-9(15)17/h1-2,6,16H,3-5H2. The number of amides is 1. The summed E-state index contributed by atoms with van der Waals surface area (Å²) in [6.45, 7) is 0.143. The van der Waals surface area contributed by atoms with Gasteiger partial charge in [0.15, 0.2) is 11.6 Å². The first-order chi connectivity index (χ1) is 8.04. The van der Waals surface area contributed by atoms with Crippen LogP contribution in [0.5, 0.6) is 0 Å². The van der Waals surface area contributed by atoms with Gasteiger partial charge in [-0.1, -0.05) is 11.6 Å². The van der Waals surface area contributed by atoms with E-state index in [1.165, 1.54) is 11.0 Å². The number of carbonyl (C=O) groups is 1. The van der Waals surface area contributed by atoms with Crippen molar-refractivity contribution in [3.63, 3.8) is 0 Å². The summed E-state index contributed by atoms with van der Waals surface area (Å²) in [4.78, 5) is 12.9. The van der Waals surface area contributed by atoms with Crippen LogP contribution in [0.1, 0.15) is 6.42 Å². The van der Waals surface area contributed by atoms with Crippen molar-refractivity contribution < 1.29 is 18.7 Å². The third-order valence-electron chi connectivity index (χ3n) is 2.77. The molecule has 1 aromatic carbocycles. The Morgan fingerprint density at radius 2 is 2.18 bits per heavy atom. The van der Waals surface area contributed by atoms with Crippen LogP contribution in [0.4, 0.5) is 14.5 Å². The van der Waals surface area contributed by atoms with Gasteiger partial charge >= 0.3 is 0 Å². The molecule has 0 spiro atoms. The summed E-state index contributed by atoms with van der Waals surface area (Å²) >= 11 is 5.66. The predicted octanol–water partition coefficient (Wildman–Crippen LogP) is 1.96. The highest BCUT2D eigenvalue weighted by atomic mass is 35.5. The summed E-state index contributed by atoms with van der Waals surface area (Å²) in [5.74, 6) is -2.66. The van der Waals surface area contributed by atoms with Crippen molar-refractivity contribution in [3.8, 4) is 0 Å². The fraction of sp³-hybridized carbons (Fsp3) is 0.364. The number of halogens is 3. The van der Waals surface area contributed by atoms with Gasteiger partial charge in [0.2, 0.25) is 5.91 Å². The van der Waals surface area contributed by atoms with Crippen LogP contribution in [0.15, 0.2) is 12.1 Å². The van der Waals surface area contributed by atoms with Crippen LogP contribution in [0.2, 0.25) is 5.02 Å². The monoisotopic (exact) mass is 261 g/mol. The van der Waals surface area contributed by atoms with Gasteiger partial charge in [-0.2, -0.15) is 0 Å². The van der Waals surface area contributed by atoms with Gasteiger partial charge in [-0.3, -0.25) is 4.79 Å². The number of benzene rings is 1. The SMILES string of the molecule is O=C1CC(CO)CN1c1ccc(F)c(F)c1Cl. The molecule has 1 N–H and O–H groups in total. The largest absolute Gasteiger partial charge is 0.396 e. The first-order valence-electron chi connectivity index (χ1n) is 5.09. The maximum atomic E-state index is 13.3. The van der Waals surface area contributed by atoms with Crippen LogP contribution >= 0.6 is 11.6 Å². The highest BCUT2D eigenvalue weighted by Crippen LogP contribution is 2.33. The molecule has 0 bridgehead atoms.